The van der Waals surface area contributed by atoms with Gasteiger partial charge in [-0.15, -0.1) is 0 Å². The van der Waals surface area contributed by atoms with E-state index in [4.69, 9.17) is 18.9 Å². The van der Waals surface area contributed by atoms with Crippen molar-refractivity contribution >= 4 is 11.9 Å². The molecule has 3 rings (SSSR count). The zero-order chi connectivity index (χ0) is 17.8. The zero-order valence-corrected chi connectivity index (χ0v) is 14.3. The quantitative estimate of drug-likeness (QED) is 0.756. The van der Waals surface area contributed by atoms with Gasteiger partial charge in [0.25, 0.3) is 0 Å². The van der Waals surface area contributed by atoms with Crippen molar-refractivity contribution in [3.05, 3.63) is 53.6 Å². The molecule has 1 heterocycles. The van der Waals surface area contributed by atoms with E-state index in [1.54, 1.807) is 39.5 Å². The van der Waals surface area contributed by atoms with Gasteiger partial charge in [-0.05, 0) is 29.8 Å². The number of methoxy groups -OCH3 is 3. The molecular weight excluding hydrogens is 322 g/mol. The molecule has 1 aliphatic rings. The number of carbonyl (C=O) groups excluding carboxylic acids is 1. The first-order valence-electron chi connectivity index (χ1n) is 7.80. The highest BCUT2D eigenvalue weighted by molar-refractivity contribution is 6.09. The van der Waals surface area contributed by atoms with Crippen LogP contribution < -0.4 is 14.2 Å². The van der Waals surface area contributed by atoms with E-state index in [1.807, 2.05) is 24.3 Å². The molecule has 0 radical (unpaired) electrons. The van der Waals surface area contributed by atoms with Crippen molar-refractivity contribution in [1.82, 2.24) is 0 Å². The second-order valence-electron chi connectivity index (χ2n) is 5.46. The van der Waals surface area contributed by atoms with Crippen molar-refractivity contribution in [2.24, 2.45) is 4.99 Å². The number of cyclic esters (lactones) is 1. The second-order valence-corrected chi connectivity index (χ2v) is 5.46. The molecule has 0 fully saturated rings. The molecule has 6 heteroatoms. The van der Waals surface area contributed by atoms with Gasteiger partial charge in [0.1, 0.15) is 22.8 Å². The van der Waals surface area contributed by atoms with E-state index in [1.165, 1.54) is 0 Å². The van der Waals surface area contributed by atoms with Crippen LogP contribution in [0.15, 0.2) is 47.5 Å². The Kier molecular flexibility index (Phi) is 4.88. The van der Waals surface area contributed by atoms with Crippen molar-refractivity contribution in [1.29, 1.82) is 0 Å². The van der Waals surface area contributed by atoms with Gasteiger partial charge in [-0.3, -0.25) is 0 Å². The Balaban J connectivity index is 1.87. The topological polar surface area (TPSA) is 66.3 Å². The normalized spacial score (nSPS) is 16.2. The summed E-state index contributed by atoms with van der Waals surface area (Å²) in [6.45, 7) is 0. The van der Waals surface area contributed by atoms with Crippen molar-refractivity contribution in [2.75, 3.05) is 21.3 Å². The average molecular weight is 341 g/mol. The number of hydrogen-bond donors (Lipinski definition) is 0. The lowest BCUT2D eigenvalue weighted by molar-refractivity contribution is -0.134. The summed E-state index contributed by atoms with van der Waals surface area (Å²) in [7, 11) is 4.70. The summed E-state index contributed by atoms with van der Waals surface area (Å²) in [6.07, 6.45) is 0.448. The van der Waals surface area contributed by atoms with Crippen LogP contribution in [-0.4, -0.2) is 39.2 Å². The third-order valence-electron chi connectivity index (χ3n) is 3.97. The third-order valence-corrected chi connectivity index (χ3v) is 3.97. The highest BCUT2D eigenvalue weighted by Crippen LogP contribution is 2.31. The van der Waals surface area contributed by atoms with Crippen molar-refractivity contribution < 1.29 is 23.7 Å². The van der Waals surface area contributed by atoms with Crippen LogP contribution in [-0.2, 0) is 16.0 Å². The van der Waals surface area contributed by atoms with E-state index in [2.05, 4.69) is 4.99 Å². The number of carbonyl (C=O) groups is 1. The molecule has 0 bridgehead atoms. The molecule has 0 amide bonds. The maximum Gasteiger partial charge on any atom is 0.338 e. The first-order valence-corrected chi connectivity index (χ1v) is 7.80. The summed E-state index contributed by atoms with van der Waals surface area (Å²) in [6, 6.07) is 12.3. The zero-order valence-electron chi connectivity index (χ0n) is 14.3. The number of rotatable bonds is 6. The van der Waals surface area contributed by atoms with Crippen LogP contribution in [0.3, 0.4) is 0 Å². The van der Waals surface area contributed by atoms with Crippen LogP contribution in [0.5, 0.6) is 17.2 Å². The summed E-state index contributed by atoms with van der Waals surface area (Å²) in [5.74, 6) is 1.67. The number of hydrogen-bond acceptors (Lipinski definition) is 6. The van der Waals surface area contributed by atoms with E-state index >= 15 is 0 Å². The summed E-state index contributed by atoms with van der Waals surface area (Å²) in [4.78, 5) is 16.7. The lowest BCUT2D eigenvalue weighted by atomic mass is 10.1. The van der Waals surface area contributed by atoms with E-state index in [0.717, 1.165) is 11.3 Å². The Labute approximate surface area is 146 Å². The van der Waals surface area contributed by atoms with Crippen molar-refractivity contribution in [3.8, 4) is 17.2 Å². The molecule has 0 saturated heterocycles. The van der Waals surface area contributed by atoms with Crippen molar-refractivity contribution in [2.45, 2.75) is 12.5 Å². The first-order chi connectivity index (χ1) is 12.2. The minimum absolute atomic E-state index is 0.220. The number of ether oxygens (including phenoxy) is 4. The van der Waals surface area contributed by atoms with Gasteiger partial charge in [0.2, 0.25) is 5.90 Å². The highest BCUT2D eigenvalue weighted by Gasteiger charge is 2.33. The first kappa shape index (κ1) is 16.8. The van der Waals surface area contributed by atoms with Gasteiger partial charge in [-0.25, -0.2) is 9.79 Å². The van der Waals surface area contributed by atoms with E-state index in [-0.39, 0.29) is 5.90 Å². The maximum atomic E-state index is 12.2. The smallest absolute Gasteiger partial charge is 0.338 e. The third kappa shape index (κ3) is 3.42. The molecule has 0 aliphatic carbocycles. The molecule has 130 valence electrons. The lowest BCUT2D eigenvalue weighted by Crippen LogP contribution is -2.17. The van der Waals surface area contributed by atoms with Gasteiger partial charge < -0.3 is 18.9 Å². The molecular formula is C19H19NO5. The Bertz CT molecular complexity index is 776. The predicted octanol–water partition coefficient (Wildman–Crippen LogP) is 2.63. The molecule has 25 heavy (non-hydrogen) atoms. The SMILES string of the molecule is COc1ccc(CC2N=C(c3c(OC)cccc3OC)OC2=O)cc1. The van der Waals surface area contributed by atoms with Gasteiger partial charge >= 0.3 is 5.97 Å². The maximum absolute atomic E-state index is 12.2. The fourth-order valence-electron chi connectivity index (χ4n) is 2.68. The summed E-state index contributed by atoms with van der Waals surface area (Å²) < 4.78 is 21.2. The van der Waals surface area contributed by atoms with E-state index in [9.17, 15) is 4.79 Å². The molecule has 1 unspecified atom stereocenters. The molecule has 0 spiro atoms. The molecule has 0 saturated carbocycles. The van der Waals surface area contributed by atoms with Crippen LogP contribution in [0.4, 0.5) is 0 Å². The van der Waals surface area contributed by atoms with Gasteiger partial charge in [-0.2, -0.15) is 0 Å². The summed E-state index contributed by atoms with van der Waals surface area (Å²) >= 11 is 0. The van der Waals surface area contributed by atoms with Crippen LogP contribution in [0, 0.1) is 0 Å². The van der Waals surface area contributed by atoms with Gasteiger partial charge in [-0.1, -0.05) is 18.2 Å². The summed E-state index contributed by atoms with van der Waals surface area (Å²) in [5.41, 5.74) is 1.51. The largest absolute Gasteiger partial charge is 0.497 e. The number of esters is 1. The molecule has 6 nitrogen and oxygen atoms in total. The Morgan fingerprint density at radius 2 is 1.60 bits per heavy atom. The Morgan fingerprint density at radius 3 is 2.16 bits per heavy atom. The number of aliphatic imine (C=N–C) groups is 1. The fourth-order valence-corrected chi connectivity index (χ4v) is 2.68. The average Bonchev–Trinajstić information content (AvgIpc) is 3.01. The molecule has 1 aliphatic heterocycles. The van der Waals surface area contributed by atoms with Gasteiger partial charge in [0, 0.05) is 6.42 Å². The minimum atomic E-state index is -0.599. The summed E-state index contributed by atoms with van der Waals surface area (Å²) in [5, 5.41) is 0. The second kappa shape index (κ2) is 7.25. The molecule has 1 atom stereocenters. The van der Waals surface area contributed by atoms with Crippen LogP contribution >= 0.6 is 0 Å². The Hall–Kier alpha value is -3.02. The number of benzene rings is 2. The monoisotopic (exact) mass is 341 g/mol. The van der Waals surface area contributed by atoms with E-state index < -0.39 is 12.0 Å². The molecule has 0 N–H and O–H groups in total. The molecule has 2 aromatic carbocycles. The van der Waals surface area contributed by atoms with Crippen LogP contribution in [0.1, 0.15) is 11.1 Å². The standard InChI is InChI=1S/C19H19NO5/c1-22-13-9-7-12(8-10-13)11-14-19(21)25-18(20-14)17-15(23-2)5-4-6-16(17)24-3/h4-10,14H,11H2,1-3H3. The molecule has 2 aromatic rings. The Morgan fingerprint density at radius 1 is 0.960 bits per heavy atom. The van der Waals surface area contributed by atoms with E-state index in [0.29, 0.717) is 23.5 Å². The fraction of sp³-hybridized carbons (Fsp3) is 0.263. The number of nitrogens with zero attached hydrogens (tertiary/aromatic N) is 1. The van der Waals surface area contributed by atoms with Crippen LogP contribution in [0.25, 0.3) is 0 Å². The lowest BCUT2D eigenvalue weighted by Gasteiger charge is -2.11. The van der Waals surface area contributed by atoms with Crippen LogP contribution in [0.2, 0.25) is 0 Å². The molecule has 0 aromatic heterocycles. The van der Waals surface area contributed by atoms with Crippen molar-refractivity contribution in [3.63, 3.8) is 0 Å². The highest BCUT2D eigenvalue weighted by atomic mass is 16.6. The minimum Gasteiger partial charge on any atom is -0.497 e. The predicted molar refractivity (Wildman–Crippen MR) is 92.7 cm³/mol. The van der Waals surface area contributed by atoms with Gasteiger partial charge in [0.05, 0.1) is 21.3 Å². The van der Waals surface area contributed by atoms with Gasteiger partial charge in [0.15, 0.2) is 6.04 Å².